The first kappa shape index (κ1) is 19.3. The van der Waals surface area contributed by atoms with E-state index in [0.29, 0.717) is 16.6 Å². The zero-order valence-electron chi connectivity index (χ0n) is 10.7. The summed E-state index contributed by atoms with van der Waals surface area (Å²) in [5.41, 5.74) is 6.21. The molecule has 3 nitrogen and oxygen atoms in total. The maximum atomic E-state index is 12.1. The Morgan fingerprint density at radius 3 is 2.50 bits per heavy atom. The molecule has 0 saturated heterocycles. The molecule has 0 radical (unpaired) electrons. The summed E-state index contributed by atoms with van der Waals surface area (Å²) < 4.78 is 42.0. The van der Waals surface area contributed by atoms with Gasteiger partial charge in [0, 0.05) is 12.5 Å². The number of benzene rings is 1. The van der Waals surface area contributed by atoms with E-state index in [2.05, 4.69) is 15.9 Å². The van der Waals surface area contributed by atoms with E-state index in [4.69, 9.17) is 10.5 Å². The third kappa shape index (κ3) is 5.76. The number of rotatable bonds is 5. The molecule has 0 spiro atoms. The molecule has 0 amide bonds. The lowest BCUT2D eigenvalue weighted by molar-refractivity contribution is -0.136. The van der Waals surface area contributed by atoms with Crippen molar-refractivity contribution in [2.75, 3.05) is 6.61 Å². The van der Waals surface area contributed by atoms with E-state index in [9.17, 15) is 18.3 Å². The number of halogens is 5. The van der Waals surface area contributed by atoms with Gasteiger partial charge in [-0.05, 0) is 47.0 Å². The van der Waals surface area contributed by atoms with Crippen LogP contribution in [0.4, 0.5) is 13.2 Å². The van der Waals surface area contributed by atoms with Crippen molar-refractivity contribution >= 4 is 28.3 Å². The predicted molar refractivity (Wildman–Crippen MR) is 76.4 cm³/mol. The summed E-state index contributed by atoms with van der Waals surface area (Å²) in [5.74, 6) is 0.114. The first-order chi connectivity index (χ1) is 8.74. The van der Waals surface area contributed by atoms with Crippen LogP contribution in [0.5, 0.6) is 11.5 Å². The summed E-state index contributed by atoms with van der Waals surface area (Å²) in [4.78, 5) is 0. The van der Waals surface area contributed by atoms with Crippen LogP contribution in [0.2, 0.25) is 0 Å². The van der Waals surface area contributed by atoms with Gasteiger partial charge in [0.15, 0.2) is 11.5 Å². The molecule has 0 bridgehead atoms. The highest BCUT2D eigenvalue weighted by atomic mass is 79.9. The van der Waals surface area contributed by atoms with Crippen LogP contribution in [-0.2, 0) is 0 Å². The van der Waals surface area contributed by atoms with Crippen LogP contribution < -0.4 is 10.5 Å². The maximum Gasteiger partial charge on any atom is 0.389 e. The summed E-state index contributed by atoms with van der Waals surface area (Å²) in [7, 11) is 0. The zero-order valence-corrected chi connectivity index (χ0v) is 13.1. The number of aromatic hydroxyl groups is 1. The Morgan fingerprint density at radius 1 is 1.40 bits per heavy atom. The van der Waals surface area contributed by atoms with E-state index < -0.39 is 18.6 Å². The summed E-state index contributed by atoms with van der Waals surface area (Å²) in [6, 6.07) is 2.20. The second kappa shape index (κ2) is 7.95. The third-order valence-corrected chi connectivity index (χ3v) is 3.12. The fourth-order valence-corrected chi connectivity index (χ4v) is 2.02. The molecule has 0 aliphatic heterocycles. The van der Waals surface area contributed by atoms with Crippen LogP contribution >= 0.6 is 28.3 Å². The number of alkyl halides is 3. The Morgan fingerprint density at radius 2 is 2.00 bits per heavy atom. The molecular formula is C12H16BrClF3NO2. The third-order valence-electron chi connectivity index (χ3n) is 2.52. The SMILES string of the molecule is CCOc1cc([C@@H](N)CCC(F)(F)F)cc(Br)c1O.Cl. The van der Waals surface area contributed by atoms with Gasteiger partial charge in [-0.25, -0.2) is 0 Å². The monoisotopic (exact) mass is 377 g/mol. The topological polar surface area (TPSA) is 55.5 Å². The summed E-state index contributed by atoms with van der Waals surface area (Å²) in [6.45, 7) is 2.07. The van der Waals surface area contributed by atoms with Crippen molar-refractivity contribution < 1.29 is 23.0 Å². The van der Waals surface area contributed by atoms with Crippen molar-refractivity contribution in [3.05, 3.63) is 22.2 Å². The lowest BCUT2D eigenvalue weighted by atomic mass is 10.0. The summed E-state index contributed by atoms with van der Waals surface area (Å²) >= 11 is 3.12. The fraction of sp³-hybridized carbons (Fsp3) is 0.500. The van der Waals surface area contributed by atoms with Gasteiger partial charge in [-0.3, -0.25) is 0 Å². The molecule has 116 valence electrons. The first-order valence-electron chi connectivity index (χ1n) is 5.72. The summed E-state index contributed by atoms with van der Waals surface area (Å²) in [6.07, 6.45) is -5.39. The number of ether oxygens (including phenoxy) is 1. The van der Waals surface area contributed by atoms with E-state index in [1.54, 1.807) is 6.92 Å². The van der Waals surface area contributed by atoms with E-state index in [1.807, 2.05) is 0 Å². The summed E-state index contributed by atoms with van der Waals surface area (Å²) in [5, 5.41) is 9.70. The Hall–Kier alpha value is -0.660. The Kier molecular flexibility index (Phi) is 7.69. The molecule has 0 fully saturated rings. The number of phenolic OH excluding ortho intramolecular Hbond substituents is 1. The Labute approximate surface area is 129 Å². The smallest absolute Gasteiger partial charge is 0.389 e. The standard InChI is InChI=1S/C12H15BrF3NO2.ClH/c1-2-19-10-6-7(5-8(13)11(10)18)9(17)3-4-12(14,15)16;/h5-6,9,18H,2-4,17H2,1H3;1H/t9-;/m0./s1. The van der Waals surface area contributed by atoms with Crippen molar-refractivity contribution in [1.82, 2.24) is 0 Å². The van der Waals surface area contributed by atoms with Crippen LogP contribution in [0, 0.1) is 0 Å². The van der Waals surface area contributed by atoms with Crippen LogP contribution in [-0.4, -0.2) is 17.9 Å². The fourth-order valence-electron chi connectivity index (χ4n) is 1.56. The minimum atomic E-state index is -4.23. The highest BCUT2D eigenvalue weighted by Gasteiger charge is 2.28. The highest BCUT2D eigenvalue weighted by molar-refractivity contribution is 9.10. The van der Waals surface area contributed by atoms with Gasteiger partial charge < -0.3 is 15.6 Å². The lowest BCUT2D eigenvalue weighted by Crippen LogP contribution is -2.16. The Balaban J connectivity index is 0.00000361. The minimum absolute atomic E-state index is 0. The number of phenols is 1. The molecule has 0 aliphatic carbocycles. The van der Waals surface area contributed by atoms with E-state index in [1.165, 1.54) is 12.1 Å². The van der Waals surface area contributed by atoms with E-state index in [0.717, 1.165) is 0 Å². The van der Waals surface area contributed by atoms with Gasteiger partial charge in [0.1, 0.15) is 0 Å². The van der Waals surface area contributed by atoms with Gasteiger partial charge in [-0.15, -0.1) is 12.4 Å². The second-order valence-electron chi connectivity index (χ2n) is 4.04. The molecule has 3 N–H and O–H groups in total. The van der Waals surface area contributed by atoms with Crippen LogP contribution in [0.3, 0.4) is 0 Å². The minimum Gasteiger partial charge on any atom is -0.503 e. The first-order valence-corrected chi connectivity index (χ1v) is 6.51. The maximum absolute atomic E-state index is 12.1. The number of hydrogen-bond donors (Lipinski definition) is 2. The molecule has 1 aromatic carbocycles. The molecule has 0 aliphatic rings. The number of nitrogens with two attached hydrogens (primary N) is 1. The van der Waals surface area contributed by atoms with Crippen molar-refractivity contribution in [3.8, 4) is 11.5 Å². The average Bonchev–Trinajstić information content (AvgIpc) is 2.31. The van der Waals surface area contributed by atoms with Crippen LogP contribution in [0.25, 0.3) is 0 Å². The molecule has 0 saturated carbocycles. The average molecular weight is 379 g/mol. The van der Waals surface area contributed by atoms with Crippen molar-refractivity contribution in [3.63, 3.8) is 0 Å². The molecule has 1 atom stereocenters. The van der Waals surface area contributed by atoms with Crippen LogP contribution in [0.1, 0.15) is 31.4 Å². The van der Waals surface area contributed by atoms with E-state index in [-0.39, 0.29) is 30.3 Å². The Bertz CT molecular complexity index is 443. The molecule has 20 heavy (non-hydrogen) atoms. The van der Waals surface area contributed by atoms with Gasteiger partial charge in [0.05, 0.1) is 11.1 Å². The molecule has 8 heteroatoms. The second-order valence-corrected chi connectivity index (χ2v) is 4.90. The zero-order chi connectivity index (χ0) is 14.6. The normalized spacial score (nSPS) is 12.7. The van der Waals surface area contributed by atoms with Gasteiger partial charge in [-0.2, -0.15) is 13.2 Å². The lowest BCUT2D eigenvalue weighted by Gasteiger charge is -2.16. The van der Waals surface area contributed by atoms with Crippen molar-refractivity contribution in [1.29, 1.82) is 0 Å². The van der Waals surface area contributed by atoms with Gasteiger partial charge in [0.25, 0.3) is 0 Å². The molecule has 0 heterocycles. The number of hydrogen-bond acceptors (Lipinski definition) is 3. The largest absolute Gasteiger partial charge is 0.503 e. The molecule has 0 unspecified atom stereocenters. The van der Waals surface area contributed by atoms with Gasteiger partial charge in [-0.1, -0.05) is 0 Å². The molecule has 0 aromatic heterocycles. The van der Waals surface area contributed by atoms with Crippen molar-refractivity contribution in [2.24, 2.45) is 5.73 Å². The quantitative estimate of drug-likeness (QED) is 0.802. The van der Waals surface area contributed by atoms with Crippen LogP contribution in [0.15, 0.2) is 16.6 Å². The van der Waals surface area contributed by atoms with Gasteiger partial charge in [0.2, 0.25) is 0 Å². The highest BCUT2D eigenvalue weighted by Crippen LogP contribution is 2.38. The van der Waals surface area contributed by atoms with Gasteiger partial charge >= 0.3 is 6.18 Å². The molecule has 1 aromatic rings. The molecular weight excluding hydrogens is 362 g/mol. The van der Waals surface area contributed by atoms with Crippen molar-refractivity contribution in [2.45, 2.75) is 32.0 Å². The van der Waals surface area contributed by atoms with E-state index >= 15 is 0 Å². The predicted octanol–water partition coefficient (Wildman–Crippen LogP) is 4.32. The molecule has 1 rings (SSSR count).